The van der Waals surface area contributed by atoms with Crippen molar-refractivity contribution in [3.8, 4) is 5.75 Å². The first-order chi connectivity index (χ1) is 13.7. The van der Waals surface area contributed by atoms with Crippen LogP contribution in [-0.2, 0) is 19.6 Å². The molecular formula is C19H16ClNO6S2. The molecule has 7 nitrogen and oxygen atoms in total. The lowest BCUT2D eigenvalue weighted by Gasteiger charge is -2.16. The number of esters is 2. The van der Waals surface area contributed by atoms with Gasteiger partial charge in [0.15, 0.2) is 0 Å². The number of fused-ring (bicyclic) bond motifs is 1. The Kier molecular flexibility index (Phi) is 6.23. The second kappa shape index (κ2) is 8.50. The number of carbonyl (C=O) groups is 2. The molecule has 1 heterocycles. The number of benzene rings is 2. The third-order valence-corrected chi connectivity index (χ3v) is 7.54. The molecule has 0 radical (unpaired) electrons. The van der Waals surface area contributed by atoms with Gasteiger partial charge in [-0.05, 0) is 35.0 Å². The Bertz CT molecular complexity index is 1190. The molecule has 3 aromatic rings. The van der Waals surface area contributed by atoms with Gasteiger partial charge < -0.3 is 9.47 Å². The fourth-order valence-electron chi connectivity index (χ4n) is 2.58. The van der Waals surface area contributed by atoms with E-state index < -0.39 is 28.5 Å². The van der Waals surface area contributed by atoms with Crippen LogP contribution < -0.4 is 4.74 Å². The minimum absolute atomic E-state index is 0.00878. The Morgan fingerprint density at radius 1 is 1.10 bits per heavy atom. The maximum Gasteiger partial charge on any atom is 0.341 e. The maximum atomic E-state index is 12.5. The van der Waals surface area contributed by atoms with Gasteiger partial charge in [-0.25, -0.2) is 13.2 Å². The molecule has 0 amide bonds. The van der Waals surface area contributed by atoms with Gasteiger partial charge in [-0.2, -0.15) is 4.31 Å². The van der Waals surface area contributed by atoms with Crippen LogP contribution in [0.1, 0.15) is 10.4 Å². The zero-order valence-electron chi connectivity index (χ0n) is 15.4. The van der Waals surface area contributed by atoms with Gasteiger partial charge in [0, 0.05) is 7.05 Å². The number of sulfonamides is 1. The summed E-state index contributed by atoms with van der Waals surface area (Å²) in [5.41, 5.74) is 0.0649. The molecular weight excluding hydrogens is 438 g/mol. The van der Waals surface area contributed by atoms with E-state index >= 15 is 0 Å². The number of ether oxygens (including phenoxy) is 2. The third kappa shape index (κ3) is 4.59. The van der Waals surface area contributed by atoms with Crippen molar-refractivity contribution in [1.82, 2.24) is 4.31 Å². The molecule has 0 fully saturated rings. The number of halogens is 1. The van der Waals surface area contributed by atoms with Crippen molar-refractivity contribution in [2.45, 2.75) is 4.21 Å². The fourth-order valence-corrected chi connectivity index (χ4v) is 5.39. The fraction of sp³-hybridized carbons (Fsp3) is 0.158. The van der Waals surface area contributed by atoms with Gasteiger partial charge in [0.25, 0.3) is 10.0 Å². The molecule has 0 spiro atoms. The molecule has 0 aliphatic heterocycles. The average molecular weight is 454 g/mol. The molecule has 0 aliphatic carbocycles. The molecule has 29 heavy (non-hydrogen) atoms. The van der Waals surface area contributed by atoms with Crippen LogP contribution in [-0.4, -0.2) is 45.4 Å². The molecule has 1 aromatic heterocycles. The van der Waals surface area contributed by atoms with Crippen molar-refractivity contribution in [1.29, 1.82) is 0 Å². The molecule has 2 aromatic carbocycles. The maximum absolute atomic E-state index is 12.5. The first-order valence-electron chi connectivity index (χ1n) is 8.26. The number of hydrogen-bond donors (Lipinski definition) is 0. The lowest BCUT2D eigenvalue weighted by molar-refractivity contribution is -0.134. The summed E-state index contributed by atoms with van der Waals surface area (Å²) in [6, 6.07) is 13.1. The van der Waals surface area contributed by atoms with Gasteiger partial charge in [-0.1, -0.05) is 35.9 Å². The normalized spacial score (nSPS) is 11.6. The molecule has 0 aliphatic rings. The number of hydrogen-bond acceptors (Lipinski definition) is 7. The van der Waals surface area contributed by atoms with Crippen LogP contribution >= 0.6 is 22.9 Å². The number of rotatable bonds is 6. The summed E-state index contributed by atoms with van der Waals surface area (Å²) in [5.74, 6) is -1.53. The summed E-state index contributed by atoms with van der Waals surface area (Å²) in [4.78, 5) is 24.5. The monoisotopic (exact) mass is 453 g/mol. The minimum atomic E-state index is -3.90. The van der Waals surface area contributed by atoms with Gasteiger partial charge in [0.1, 0.15) is 22.1 Å². The van der Waals surface area contributed by atoms with Crippen molar-refractivity contribution < 1.29 is 27.5 Å². The SMILES string of the molecule is COC(=O)c1cc2ccccc2cc1OC(=O)CN(C)S(=O)(=O)c1ccc(Cl)s1. The summed E-state index contributed by atoms with van der Waals surface area (Å²) in [6.07, 6.45) is 0. The molecule has 152 valence electrons. The Morgan fingerprint density at radius 2 is 1.76 bits per heavy atom. The minimum Gasteiger partial charge on any atom is -0.465 e. The van der Waals surface area contributed by atoms with E-state index in [-0.39, 0.29) is 15.5 Å². The molecule has 0 bridgehead atoms. The zero-order valence-corrected chi connectivity index (χ0v) is 17.8. The third-order valence-electron chi connectivity index (χ3n) is 4.04. The van der Waals surface area contributed by atoms with Crippen LogP contribution in [0.5, 0.6) is 5.75 Å². The van der Waals surface area contributed by atoms with Crippen molar-refractivity contribution >= 4 is 55.7 Å². The number of methoxy groups -OCH3 is 1. The van der Waals surface area contributed by atoms with E-state index in [0.717, 1.165) is 26.4 Å². The number of likely N-dealkylation sites (N-methyl/N-ethyl adjacent to an activating group) is 1. The molecule has 0 saturated heterocycles. The second-order valence-corrected chi connectivity index (χ2v) is 9.97. The van der Waals surface area contributed by atoms with Crippen LogP contribution in [0.3, 0.4) is 0 Å². The highest BCUT2D eigenvalue weighted by molar-refractivity contribution is 7.91. The van der Waals surface area contributed by atoms with Crippen molar-refractivity contribution in [3.63, 3.8) is 0 Å². The summed E-state index contributed by atoms with van der Waals surface area (Å²) >= 11 is 6.68. The molecule has 0 atom stereocenters. The Hall–Kier alpha value is -2.46. The van der Waals surface area contributed by atoms with Crippen LogP contribution in [0.25, 0.3) is 10.8 Å². The van der Waals surface area contributed by atoms with Gasteiger partial charge in [-0.3, -0.25) is 4.79 Å². The molecule has 10 heteroatoms. The van der Waals surface area contributed by atoms with Crippen molar-refractivity contribution in [2.24, 2.45) is 0 Å². The van der Waals surface area contributed by atoms with Gasteiger partial charge in [0.2, 0.25) is 0 Å². The van der Waals surface area contributed by atoms with E-state index in [0.29, 0.717) is 4.34 Å². The summed E-state index contributed by atoms with van der Waals surface area (Å²) in [6.45, 7) is -0.550. The van der Waals surface area contributed by atoms with E-state index in [1.165, 1.54) is 32.4 Å². The molecule has 3 rings (SSSR count). The van der Waals surface area contributed by atoms with E-state index in [2.05, 4.69) is 0 Å². The first kappa shape index (κ1) is 21.3. The highest BCUT2D eigenvalue weighted by atomic mass is 35.5. The quantitative estimate of drug-likeness (QED) is 0.418. The topological polar surface area (TPSA) is 90.0 Å². The van der Waals surface area contributed by atoms with E-state index in [1.807, 2.05) is 6.07 Å². The molecule has 0 saturated carbocycles. The lowest BCUT2D eigenvalue weighted by Crippen LogP contribution is -2.34. The first-order valence-corrected chi connectivity index (χ1v) is 10.9. The van der Waals surface area contributed by atoms with Gasteiger partial charge in [-0.15, -0.1) is 11.3 Å². The average Bonchev–Trinajstić information content (AvgIpc) is 3.13. The lowest BCUT2D eigenvalue weighted by atomic mass is 10.1. The number of carbonyl (C=O) groups excluding carboxylic acids is 2. The predicted molar refractivity (Wildman–Crippen MR) is 110 cm³/mol. The van der Waals surface area contributed by atoms with Crippen LogP contribution in [0, 0.1) is 0 Å². The largest absolute Gasteiger partial charge is 0.465 e. The standard InChI is InChI=1S/C19H16ClNO6S2/c1-21(29(24,25)18-8-7-16(20)28-18)11-17(22)27-15-10-13-6-4-3-5-12(13)9-14(15)19(23)26-2/h3-10H,11H2,1-2H3. The summed E-state index contributed by atoms with van der Waals surface area (Å²) < 4.78 is 36.3. The van der Waals surface area contributed by atoms with Crippen LogP contribution in [0.15, 0.2) is 52.7 Å². The van der Waals surface area contributed by atoms with Crippen molar-refractivity contribution in [3.05, 3.63) is 58.4 Å². The summed E-state index contributed by atoms with van der Waals surface area (Å²) in [5, 5.41) is 1.51. The van der Waals surface area contributed by atoms with Crippen molar-refractivity contribution in [2.75, 3.05) is 20.7 Å². The molecule has 0 unspecified atom stereocenters. The van der Waals surface area contributed by atoms with Gasteiger partial charge >= 0.3 is 11.9 Å². The van der Waals surface area contributed by atoms with E-state index in [9.17, 15) is 18.0 Å². The summed E-state index contributed by atoms with van der Waals surface area (Å²) in [7, 11) is -1.42. The Labute approximate surface area is 176 Å². The Balaban J connectivity index is 1.84. The second-order valence-electron chi connectivity index (χ2n) is 5.98. The highest BCUT2D eigenvalue weighted by Gasteiger charge is 2.26. The number of thiophene rings is 1. The number of nitrogens with zero attached hydrogens (tertiary/aromatic N) is 1. The zero-order chi connectivity index (χ0) is 21.2. The van der Waals surface area contributed by atoms with Crippen LogP contribution in [0.2, 0.25) is 4.34 Å². The predicted octanol–water partition coefficient (Wildman–Crippen LogP) is 3.57. The van der Waals surface area contributed by atoms with Crippen LogP contribution in [0.4, 0.5) is 0 Å². The Morgan fingerprint density at radius 3 is 2.34 bits per heavy atom. The molecule has 0 N–H and O–H groups in total. The van der Waals surface area contributed by atoms with Gasteiger partial charge in [0.05, 0.1) is 11.4 Å². The van der Waals surface area contributed by atoms with E-state index in [1.54, 1.807) is 24.3 Å². The smallest absolute Gasteiger partial charge is 0.341 e. The highest BCUT2D eigenvalue weighted by Crippen LogP contribution is 2.29. The van der Waals surface area contributed by atoms with E-state index in [4.69, 9.17) is 21.1 Å².